The maximum atomic E-state index is 12.5. The van der Waals surface area contributed by atoms with Crippen molar-refractivity contribution >= 4 is 21.6 Å². The van der Waals surface area contributed by atoms with E-state index >= 15 is 0 Å². The van der Waals surface area contributed by atoms with Crippen molar-refractivity contribution in [1.29, 1.82) is 0 Å². The number of anilines is 1. The lowest BCUT2D eigenvalue weighted by molar-refractivity contribution is 0.102. The fourth-order valence-corrected chi connectivity index (χ4v) is 4.08. The fraction of sp³-hybridized carbons (Fsp3) is 0.381. The zero-order chi connectivity index (χ0) is 20.7. The predicted molar refractivity (Wildman–Crippen MR) is 111 cm³/mol. The van der Waals surface area contributed by atoms with Crippen LogP contribution in [0.5, 0.6) is 5.75 Å². The maximum Gasteiger partial charge on any atom is 0.255 e. The van der Waals surface area contributed by atoms with Gasteiger partial charge in [-0.15, -0.1) is 0 Å². The molecule has 6 nitrogen and oxygen atoms in total. The number of carbonyl (C=O) groups excluding carboxylic acids is 1. The van der Waals surface area contributed by atoms with Crippen LogP contribution in [-0.2, 0) is 10.0 Å². The van der Waals surface area contributed by atoms with Crippen LogP contribution in [0.25, 0.3) is 0 Å². The molecule has 28 heavy (non-hydrogen) atoms. The van der Waals surface area contributed by atoms with E-state index < -0.39 is 10.0 Å². The molecule has 1 unspecified atom stereocenters. The average molecular weight is 405 g/mol. The van der Waals surface area contributed by atoms with Crippen molar-refractivity contribution in [1.82, 2.24) is 4.31 Å². The highest BCUT2D eigenvalue weighted by molar-refractivity contribution is 7.89. The average Bonchev–Trinajstić information content (AvgIpc) is 2.69. The summed E-state index contributed by atoms with van der Waals surface area (Å²) in [5, 5.41) is 2.78. The van der Waals surface area contributed by atoms with Gasteiger partial charge in [0.25, 0.3) is 5.91 Å². The van der Waals surface area contributed by atoms with E-state index in [9.17, 15) is 13.2 Å². The molecule has 0 aliphatic carbocycles. The molecule has 2 aromatic carbocycles. The van der Waals surface area contributed by atoms with Gasteiger partial charge in [-0.05, 0) is 61.9 Å². The van der Waals surface area contributed by atoms with Gasteiger partial charge in [-0.1, -0.05) is 20.8 Å². The normalized spacial score (nSPS) is 12.6. The van der Waals surface area contributed by atoms with E-state index in [1.807, 2.05) is 13.8 Å². The molecule has 1 atom stereocenters. The number of hydrogen-bond donors (Lipinski definition) is 1. The highest BCUT2D eigenvalue weighted by Crippen LogP contribution is 2.20. The molecular weight excluding hydrogens is 376 g/mol. The zero-order valence-electron chi connectivity index (χ0n) is 16.8. The van der Waals surface area contributed by atoms with Crippen molar-refractivity contribution < 1.29 is 17.9 Å². The first-order chi connectivity index (χ1) is 13.3. The number of nitrogens with one attached hydrogen (secondary N) is 1. The quantitative estimate of drug-likeness (QED) is 0.681. The van der Waals surface area contributed by atoms with Crippen LogP contribution in [0.1, 0.15) is 44.5 Å². The van der Waals surface area contributed by atoms with Crippen molar-refractivity contribution in [3.05, 3.63) is 54.1 Å². The lowest BCUT2D eigenvalue weighted by Crippen LogP contribution is -2.30. The van der Waals surface area contributed by atoms with Crippen LogP contribution in [0.2, 0.25) is 0 Å². The van der Waals surface area contributed by atoms with Gasteiger partial charge in [-0.3, -0.25) is 4.79 Å². The van der Waals surface area contributed by atoms with Crippen LogP contribution in [0.4, 0.5) is 5.69 Å². The number of benzene rings is 2. The van der Waals surface area contributed by atoms with Crippen molar-refractivity contribution in [2.24, 2.45) is 0 Å². The van der Waals surface area contributed by atoms with Gasteiger partial charge in [0.2, 0.25) is 10.0 Å². The highest BCUT2D eigenvalue weighted by Gasteiger charge is 2.21. The first-order valence-corrected chi connectivity index (χ1v) is 10.9. The van der Waals surface area contributed by atoms with Gasteiger partial charge in [0.15, 0.2) is 0 Å². The Morgan fingerprint density at radius 2 is 1.57 bits per heavy atom. The Kier molecular flexibility index (Phi) is 7.60. The van der Waals surface area contributed by atoms with E-state index in [0.29, 0.717) is 24.3 Å². The molecule has 7 heteroatoms. The molecule has 0 aliphatic heterocycles. The molecule has 152 valence electrons. The lowest BCUT2D eigenvalue weighted by atomic mass is 10.2. The van der Waals surface area contributed by atoms with Crippen LogP contribution >= 0.6 is 0 Å². The number of amides is 1. The Balaban J connectivity index is 2.06. The summed E-state index contributed by atoms with van der Waals surface area (Å²) >= 11 is 0. The van der Waals surface area contributed by atoms with Crippen LogP contribution in [0, 0.1) is 0 Å². The molecular formula is C21H28N2O4S. The molecule has 1 N–H and O–H groups in total. The molecule has 2 rings (SSSR count). The summed E-state index contributed by atoms with van der Waals surface area (Å²) in [7, 11) is -3.51. The van der Waals surface area contributed by atoms with Crippen LogP contribution < -0.4 is 10.1 Å². The summed E-state index contributed by atoms with van der Waals surface area (Å²) in [5.74, 6) is 0.450. The molecule has 0 saturated carbocycles. The highest BCUT2D eigenvalue weighted by atomic mass is 32.2. The smallest absolute Gasteiger partial charge is 0.255 e. The topological polar surface area (TPSA) is 75.7 Å². The second kappa shape index (κ2) is 9.71. The number of hydrogen-bond acceptors (Lipinski definition) is 4. The molecule has 0 aliphatic rings. The summed E-state index contributed by atoms with van der Waals surface area (Å²) < 4.78 is 32.1. The third kappa shape index (κ3) is 5.33. The molecule has 0 heterocycles. The van der Waals surface area contributed by atoms with Crippen molar-refractivity contribution in [3.63, 3.8) is 0 Å². The number of sulfonamides is 1. The summed E-state index contributed by atoms with van der Waals surface area (Å²) in [4.78, 5) is 12.6. The third-order valence-electron chi connectivity index (χ3n) is 4.48. The standard InChI is InChI=1S/C21H28N2O4S/c1-5-16(4)27-19-12-8-17(9-13-19)21(24)22-18-10-14-20(15-11-18)28(25,26)23(6-2)7-3/h8-16H,5-7H2,1-4H3,(H,22,24). The van der Waals surface area contributed by atoms with E-state index in [0.717, 1.165) is 12.2 Å². The van der Waals surface area contributed by atoms with Gasteiger partial charge in [0, 0.05) is 24.3 Å². The van der Waals surface area contributed by atoms with Gasteiger partial charge in [-0.2, -0.15) is 4.31 Å². The minimum Gasteiger partial charge on any atom is -0.491 e. The van der Waals surface area contributed by atoms with Gasteiger partial charge in [0.1, 0.15) is 5.75 Å². The van der Waals surface area contributed by atoms with Gasteiger partial charge >= 0.3 is 0 Å². The number of nitrogens with zero attached hydrogens (tertiary/aromatic N) is 1. The zero-order valence-corrected chi connectivity index (χ0v) is 17.6. The first kappa shape index (κ1) is 21.9. The van der Waals surface area contributed by atoms with E-state index in [2.05, 4.69) is 5.32 Å². The van der Waals surface area contributed by atoms with E-state index in [1.54, 1.807) is 50.2 Å². The Morgan fingerprint density at radius 3 is 2.07 bits per heavy atom. The molecule has 0 saturated heterocycles. The predicted octanol–water partition coefficient (Wildman–Crippen LogP) is 4.15. The molecule has 0 bridgehead atoms. The van der Waals surface area contributed by atoms with Gasteiger partial charge in [-0.25, -0.2) is 8.42 Å². The first-order valence-electron chi connectivity index (χ1n) is 9.50. The summed E-state index contributed by atoms with van der Waals surface area (Å²) in [5.41, 5.74) is 1.03. The SMILES string of the molecule is CCC(C)Oc1ccc(C(=O)Nc2ccc(S(=O)(=O)N(CC)CC)cc2)cc1. The molecule has 0 fully saturated rings. The van der Waals surface area contributed by atoms with Crippen LogP contribution in [-0.4, -0.2) is 37.8 Å². The number of ether oxygens (including phenoxy) is 1. The molecule has 0 aromatic heterocycles. The Morgan fingerprint density at radius 1 is 1.00 bits per heavy atom. The summed E-state index contributed by atoms with van der Waals surface area (Å²) in [6.45, 7) is 8.46. The largest absolute Gasteiger partial charge is 0.491 e. The third-order valence-corrected chi connectivity index (χ3v) is 6.55. The summed E-state index contributed by atoms with van der Waals surface area (Å²) in [6.07, 6.45) is 1.02. The number of rotatable bonds is 9. The molecule has 1 amide bonds. The van der Waals surface area contributed by atoms with Crippen molar-refractivity contribution in [2.75, 3.05) is 18.4 Å². The molecule has 2 aromatic rings. The Bertz CT molecular complexity index is 874. The summed E-state index contributed by atoms with van der Waals surface area (Å²) in [6, 6.07) is 13.1. The Labute approximate surface area is 167 Å². The van der Waals surface area contributed by atoms with Crippen molar-refractivity contribution in [2.45, 2.75) is 45.1 Å². The maximum absolute atomic E-state index is 12.5. The molecule has 0 spiro atoms. The second-order valence-electron chi connectivity index (χ2n) is 6.43. The van der Waals surface area contributed by atoms with Crippen LogP contribution in [0.15, 0.2) is 53.4 Å². The van der Waals surface area contributed by atoms with E-state index in [1.165, 1.54) is 16.4 Å². The van der Waals surface area contributed by atoms with Crippen molar-refractivity contribution in [3.8, 4) is 5.75 Å². The second-order valence-corrected chi connectivity index (χ2v) is 8.37. The minimum atomic E-state index is -3.51. The van der Waals surface area contributed by atoms with E-state index in [4.69, 9.17) is 4.74 Å². The van der Waals surface area contributed by atoms with Crippen LogP contribution in [0.3, 0.4) is 0 Å². The Hall–Kier alpha value is -2.38. The number of carbonyl (C=O) groups is 1. The lowest BCUT2D eigenvalue weighted by Gasteiger charge is -2.18. The minimum absolute atomic E-state index is 0.116. The van der Waals surface area contributed by atoms with E-state index in [-0.39, 0.29) is 16.9 Å². The fourth-order valence-electron chi connectivity index (χ4n) is 2.63. The monoisotopic (exact) mass is 404 g/mol. The molecule has 0 radical (unpaired) electrons. The van der Waals surface area contributed by atoms with Gasteiger partial charge in [0.05, 0.1) is 11.0 Å². The van der Waals surface area contributed by atoms with Gasteiger partial charge < -0.3 is 10.1 Å².